The minimum atomic E-state index is -0.0424. The van der Waals surface area contributed by atoms with Gasteiger partial charge in [0.05, 0.1) is 3.57 Å². The van der Waals surface area contributed by atoms with Crippen molar-refractivity contribution in [3.63, 3.8) is 0 Å². The zero-order chi connectivity index (χ0) is 11.4. The second kappa shape index (κ2) is 5.15. The van der Waals surface area contributed by atoms with Crippen molar-refractivity contribution in [2.24, 2.45) is 0 Å². The summed E-state index contributed by atoms with van der Waals surface area (Å²) in [6, 6.07) is 6.86. The van der Waals surface area contributed by atoms with E-state index < -0.39 is 0 Å². The van der Waals surface area contributed by atoms with E-state index in [0.717, 1.165) is 4.47 Å². The van der Waals surface area contributed by atoms with Crippen molar-refractivity contribution in [3.8, 4) is 17.9 Å². The summed E-state index contributed by atoms with van der Waals surface area (Å²) < 4.78 is 1.44. The molecule has 74 valence electrons. The number of halogens is 2. The highest BCUT2D eigenvalue weighted by Crippen LogP contribution is 2.30. The van der Waals surface area contributed by atoms with Gasteiger partial charge in [0.1, 0.15) is 23.5 Å². The number of nitrogens with zero attached hydrogens (tertiary/aromatic N) is 2. The van der Waals surface area contributed by atoms with E-state index in [1.807, 2.05) is 22.6 Å². The van der Waals surface area contributed by atoms with E-state index in [9.17, 15) is 5.11 Å². The van der Waals surface area contributed by atoms with Gasteiger partial charge in [-0.05, 0) is 40.8 Å². The molecule has 0 saturated heterocycles. The summed E-state index contributed by atoms with van der Waals surface area (Å²) in [4.78, 5) is 0. The maximum Gasteiger partial charge on any atom is 0.136 e. The molecule has 0 amide bonds. The lowest BCUT2D eigenvalue weighted by Gasteiger charge is -2.02. The monoisotopic (exact) mass is 374 g/mol. The Bertz CT molecular complexity index is 495. The Morgan fingerprint density at radius 3 is 2.53 bits per heavy atom. The molecular formula is C10H4BrIN2O. The van der Waals surface area contributed by atoms with Crippen LogP contribution in [-0.2, 0) is 0 Å². The summed E-state index contributed by atoms with van der Waals surface area (Å²) in [5.74, 6) is 0.0711. The van der Waals surface area contributed by atoms with Crippen LogP contribution in [0.15, 0.2) is 22.2 Å². The molecule has 1 N–H and O–H groups in total. The quantitative estimate of drug-likeness (QED) is 0.606. The second-order valence-electron chi connectivity index (χ2n) is 2.61. The van der Waals surface area contributed by atoms with Gasteiger partial charge in [0.2, 0.25) is 0 Å². The van der Waals surface area contributed by atoms with Crippen LogP contribution >= 0.6 is 38.5 Å². The molecule has 0 bridgehead atoms. The molecular weight excluding hydrogens is 371 g/mol. The number of allylic oxidation sites excluding steroid dienone is 1. The van der Waals surface area contributed by atoms with E-state index in [-0.39, 0.29) is 11.3 Å². The Morgan fingerprint density at radius 1 is 1.40 bits per heavy atom. The van der Waals surface area contributed by atoms with Crippen LogP contribution in [0.2, 0.25) is 0 Å². The van der Waals surface area contributed by atoms with Crippen LogP contribution in [0.3, 0.4) is 0 Å². The molecule has 1 aromatic rings. The molecule has 15 heavy (non-hydrogen) atoms. The molecule has 0 fully saturated rings. The van der Waals surface area contributed by atoms with E-state index in [1.54, 1.807) is 24.3 Å². The standard InChI is InChI=1S/C10H4BrIN2O/c11-8-2-7(1-6(4-13)5-14)10(15)9(12)3-8/h1-3,15H. The highest BCUT2D eigenvalue weighted by Gasteiger charge is 2.06. The van der Waals surface area contributed by atoms with Crippen LogP contribution in [0.4, 0.5) is 0 Å². The maximum absolute atomic E-state index is 9.67. The Labute approximate surface area is 109 Å². The summed E-state index contributed by atoms with van der Waals surface area (Å²) >= 11 is 5.24. The molecule has 0 aliphatic carbocycles. The molecule has 0 saturated carbocycles. The first-order valence-electron chi connectivity index (χ1n) is 3.78. The molecule has 0 heterocycles. The van der Waals surface area contributed by atoms with Gasteiger partial charge in [-0.1, -0.05) is 15.9 Å². The Hall–Kier alpha value is -1.05. The number of hydrogen-bond acceptors (Lipinski definition) is 3. The number of hydrogen-bond donors (Lipinski definition) is 1. The number of phenols is 1. The smallest absolute Gasteiger partial charge is 0.136 e. The van der Waals surface area contributed by atoms with Crippen LogP contribution in [0.5, 0.6) is 5.75 Å². The topological polar surface area (TPSA) is 67.8 Å². The molecule has 1 aromatic carbocycles. The van der Waals surface area contributed by atoms with Crippen LogP contribution in [0.25, 0.3) is 6.08 Å². The predicted molar refractivity (Wildman–Crippen MR) is 67.7 cm³/mol. The van der Waals surface area contributed by atoms with Crippen molar-refractivity contribution in [1.82, 2.24) is 0 Å². The molecule has 1 rings (SSSR count). The van der Waals surface area contributed by atoms with E-state index in [1.165, 1.54) is 6.08 Å². The van der Waals surface area contributed by atoms with Gasteiger partial charge in [0.15, 0.2) is 0 Å². The molecule has 5 heteroatoms. The number of nitriles is 2. The average Bonchev–Trinajstić information content (AvgIpc) is 2.21. The van der Waals surface area contributed by atoms with Gasteiger partial charge in [0, 0.05) is 10.0 Å². The fourth-order valence-electron chi connectivity index (χ4n) is 0.941. The van der Waals surface area contributed by atoms with Crippen LogP contribution in [0, 0.1) is 26.2 Å². The van der Waals surface area contributed by atoms with Crippen molar-refractivity contribution in [2.45, 2.75) is 0 Å². The molecule has 0 radical (unpaired) electrons. The number of phenolic OH excluding ortho intramolecular Hbond substituents is 1. The number of benzene rings is 1. The molecule has 0 aliphatic heterocycles. The van der Waals surface area contributed by atoms with E-state index in [0.29, 0.717) is 9.13 Å². The first kappa shape index (κ1) is 12.0. The van der Waals surface area contributed by atoms with E-state index >= 15 is 0 Å². The SMILES string of the molecule is N#CC(C#N)=Cc1cc(Br)cc(I)c1O. The van der Waals surface area contributed by atoms with Crippen LogP contribution in [0.1, 0.15) is 5.56 Å². The minimum absolute atomic E-state index is 0.0424. The Morgan fingerprint density at radius 2 is 2.00 bits per heavy atom. The van der Waals surface area contributed by atoms with E-state index in [2.05, 4.69) is 15.9 Å². The highest BCUT2D eigenvalue weighted by atomic mass is 127. The minimum Gasteiger partial charge on any atom is -0.506 e. The molecule has 0 unspecified atom stereocenters. The first-order valence-corrected chi connectivity index (χ1v) is 5.65. The van der Waals surface area contributed by atoms with Crippen molar-refractivity contribution in [2.75, 3.05) is 0 Å². The Kier molecular flexibility index (Phi) is 4.13. The van der Waals surface area contributed by atoms with Gasteiger partial charge in [-0.3, -0.25) is 0 Å². The maximum atomic E-state index is 9.67. The van der Waals surface area contributed by atoms with Gasteiger partial charge < -0.3 is 5.11 Å². The van der Waals surface area contributed by atoms with Gasteiger partial charge in [-0.15, -0.1) is 0 Å². The fraction of sp³-hybridized carbons (Fsp3) is 0. The van der Waals surface area contributed by atoms with Crippen molar-refractivity contribution >= 4 is 44.6 Å². The summed E-state index contributed by atoms with van der Waals surface area (Å²) in [5, 5.41) is 26.8. The fourth-order valence-corrected chi connectivity index (χ4v) is 2.49. The van der Waals surface area contributed by atoms with Crippen molar-refractivity contribution < 1.29 is 5.11 Å². The van der Waals surface area contributed by atoms with Crippen molar-refractivity contribution in [3.05, 3.63) is 31.3 Å². The molecule has 0 aromatic heterocycles. The summed E-state index contributed by atoms with van der Waals surface area (Å²) in [7, 11) is 0. The summed E-state index contributed by atoms with van der Waals surface area (Å²) in [6.45, 7) is 0. The summed E-state index contributed by atoms with van der Waals surface area (Å²) in [6.07, 6.45) is 1.35. The molecule has 0 spiro atoms. The highest BCUT2D eigenvalue weighted by molar-refractivity contribution is 14.1. The van der Waals surface area contributed by atoms with Crippen molar-refractivity contribution in [1.29, 1.82) is 10.5 Å². The first-order chi connectivity index (χ1) is 7.08. The van der Waals surface area contributed by atoms with Crippen LogP contribution in [-0.4, -0.2) is 5.11 Å². The third-order valence-electron chi connectivity index (χ3n) is 1.60. The lowest BCUT2D eigenvalue weighted by atomic mass is 10.1. The average molecular weight is 375 g/mol. The van der Waals surface area contributed by atoms with Gasteiger partial charge >= 0.3 is 0 Å². The Balaban J connectivity index is 3.35. The normalized spacial score (nSPS) is 8.80. The third kappa shape index (κ3) is 2.95. The predicted octanol–water partition coefficient (Wildman–Crippen LogP) is 3.19. The zero-order valence-corrected chi connectivity index (χ0v) is 11.1. The van der Waals surface area contributed by atoms with Crippen LogP contribution < -0.4 is 0 Å². The van der Waals surface area contributed by atoms with Gasteiger partial charge in [-0.25, -0.2) is 0 Å². The molecule has 0 atom stereocenters. The van der Waals surface area contributed by atoms with E-state index in [4.69, 9.17) is 10.5 Å². The lowest BCUT2D eigenvalue weighted by molar-refractivity contribution is 0.470. The number of rotatable bonds is 1. The molecule has 0 aliphatic rings. The zero-order valence-electron chi connectivity index (χ0n) is 7.33. The lowest BCUT2D eigenvalue weighted by Crippen LogP contribution is -1.82. The third-order valence-corrected chi connectivity index (χ3v) is 2.88. The second-order valence-corrected chi connectivity index (χ2v) is 4.68. The largest absolute Gasteiger partial charge is 0.506 e. The number of aromatic hydroxyl groups is 1. The molecule has 3 nitrogen and oxygen atoms in total. The van der Waals surface area contributed by atoms with Gasteiger partial charge in [0.25, 0.3) is 0 Å². The van der Waals surface area contributed by atoms with Gasteiger partial charge in [-0.2, -0.15) is 10.5 Å². The summed E-state index contributed by atoms with van der Waals surface area (Å²) in [5.41, 5.74) is 0.408.